The number of hydrogen-bond acceptors (Lipinski definition) is 3. The molecule has 0 amide bonds. The summed E-state index contributed by atoms with van der Waals surface area (Å²) in [7, 11) is 0. The fourth-order valence-corrected chi connectivity index (χ4v) is 3.63. The van der Waals surface area contributed by atoms with Gasteiger partial charge in [-0.1, -0.05) is 59.2 Å². The fourth-order valence-electron chi connectivity index (χ4n) is 3.63. The van der Waals surface area contributed by atoms with Gasteiger partial charge < -0.3 is 5.11 Å². The summed E-state index contributed by atoms with van der Waals surface area (Å²) in [5.74, 6) is -0.0498. The number of phenols is 1. The van der Waals surface area contributed by atoms with E-state index in [0.29, 0.717) is 22.3 Å². The fraction of sp³-hybridized carbons (Fsp3) is 0.360. The molecule has 146 valence electrons. The van der Waals surface area contributed by atoms with Crippen molar-refractivity contribution < 1.29 is 14.7 Å². The normalized spacial score (nSPS) is 14.8. The Morgan fingerprint density at radius 2 is 1.32 bits per heavy atom. The number of aromatic hydroxyl groups is 1. The number of benzene rings is 2. The molecule has 2 aromatic carbocycles. The van der Waals surface area contributed by atoms with Gasteiger partial charge in [0.15, 0.2) is 11.6 Å². The van der Waals surface area contributed by atoms with Gasteiger partial charge in [0.25, 0.3) is 0 Å². The van der Waals surface area contributed by atoms with Gasteiger partial charge in [0.2, 0.25) is 0 Å². The number of carbonyl (C=O) groups excluding carboxylic acids is 2. The highest BCUT2D eigenvalue weighted by Crippen LogP contribution is 2.42. The lowest BCUT2D eigenvalue weighted by Crippen LogP contribution is -2.20. The zero-order chi connectivity index (χ0) is 21.0. The number of phenolic OH excluding ortho intramolecular Hbond substituents is 1. The van der Waals surface area contributed by atoms with Crippen LogP contribution >= 0.6 is 0 Å². The van der Waals surface area contributed by atoms with Crippen LogP contribution < -0.4 is 0 Å². The third kappa shape index (κ3) is 3.42. The maximum absolute atomic E-state index is 13.2. The second-order valence-electron chi connectivity index (χ2n) is 9.72. The number of carbonyl (C=O) groups is 2. The maximum Gasteiger partial charge on any atom is 0.194 e. The van der Waals surface area contributed by atoms with Gasteiger partial charge in [-0.2, -0.15) is 0 Å². The van der Waals surface area contributed by atoms with E-state index < -0.39 is 0 Å². The van der Waals surface area contributed by atoms with E-state index >= 15 is 0 Å². The molecule has 0 radical (unpaired) electrons. The van der Waals surface area contributed by atoms with Gasteiger partial charge in [-0.15, -0.1) is 0 Å². The van der Waals surface area contributed by atoms with Crippen LogP contribution in [0.1, 0.15) is 84.5 Å². The Hall–Kier alpha value is -2.68. The molecule has 0 heterocycles. The molecule has 3 rings (SSSR count). The smallest absolute Gasteiger partial charge is 0.194 e. The Morgan fingerprint density at radius 1 is 0.786 bits per heavy atom. The molecule has 0 fully saturated rings. The number of allylic oxidation sites excluding steroid dienone is 2. The number of aryl methyl sites for hydroxylation is 1. The van der Waals surface area contributed by atoms with E-state index in [9.17, 15) is 14.7 Å². The first kappa shape index (κ1) is 20.1. The van der Waals surface area contributed by atoms with Gasteiger partial charge in [0.05, 0.1) is 0 Å². The van der Waals surface area contributed by atoms with E-state index in [1.165, 1.54) is 6.08 Å². The number of rotatable bonds is 1. The van der Waals surface area contributed by atoms with Crippen LogP contribution in [0.25, 0.3) is 5.57 Å². The Labute approximate surface area is 167 Å². The van der Waals surface area contributed by atoms with Crippen LogP contribution in [0.5, 0.6) is 5.75 Å². The quantitative estimate of drug-likeness (QED) is 0.688. The summed E-state index contributed by atoms with van der Waals surface area (Å²) < 4.78 is 0. The molecule has 1 aliphatic rings. The van der Waals surface area contributed by atoms with Crippen LogP contribution in [0.3, 0.4) is 0 Å². The van der Waals surface area contributed by atoms with Crippen molar-refractivity contribution in [2.45, 2.75) is 59.3 Å². The molecule has 0 saturated carbocycles. The molecule has 3 heteroatoms. The van der Waals surface area contributed by atoms with Crippen LogP contribution in [-0.2, 0) is 10.8 Å². The lowest BCUT2D eigenvalue weighted by Gasteiger charge is -2.29. The Kier molecular flexibility index (Phi) is 4.61. The van der Waals surface area contributed by atoms with E-state index in [2.05, 4.69) is 0 Å². The van der Waals surface area contributed by atoms with Crippen molar-refractivity contribution in [3.05, 3.63) is 69.8 Å². The van der Waals surface area contributed by atoms with Gasteiger partial charge in [-0.05, 0) is 47.6 Å². The van der Waals surface area contributed by atoms with Crippen molar-refractivity contribution in [1.29, 1.82) is 0 Å². The zero-order valence-corrected chi connectivity index (χ0v) is 17.7. The number of ketones is 2. The molecular formula is C25H28O3. The Morgan fingerprint density at radius 3 is 1.82 bits per heavy atom. The summed E-state index contributed by atoms with van der Waals surface area (Å²) in [6.45, 7) is 14.1. The molecule has 0 saturated heterocycles. The van der Waals surface area contributed by atoms with E-state index in [1.807, 2.05) is 66.7 Å². The number of fused-ring (bicyclic) bond motifs is 1. The van der Waals surface area contributed by atoms with Crippen LogP contribution in [0.15, 0.2) is 36.4 Å². The van der Waals surface area contributed by atoms with Gasteiger partial charge in [0.1, 0.15) is 5.75 Å². The molecular weight excluding hydrogens is 348 g/mol. The van der Waals surface area contributed by atoms with Crippen molar-refractivity contribution in [2.75, 3.05) is 0 Å². The minimum absolute atomic E-state index is 0.149. The SMILES string of the molecule is Cc1ccc2c(c1)C(=O)C(c1cc(C(C)(C)C)c(O)c(C(C)(C)C)c1)=CC2=O. The first-order valence-electron chi connectivity index (χ1n) is 9.60. The lowest BCUT2D eigenvalue weighted by molar-refractivity contribution is 0.100. The minimum Gasteiger partial charge on any atom is -0.507 e. The first-order valence-corrected chi connectivity index (χ1v) is 9.60. The standard InChI is InChI=1S/C25H28O3/c1-14-8-9-16-18(10-14)22(27)17(13-21(16)26)15-11-19(24(2,3)4)23(28)20(12-15)25(5,6)7/h8-13,28H,1-7H3. The van der Waals surface area contributed by atoms with Crippen molar-refractivity contribution in [1.82, 2.24) is 0 Å². The van der Waals surface area contributed by atoms with Gasteiger partial charge in [-0.25, -0.2) is 0 Å². The minimum atomic E-state index is -0.309. The highest BCUT2D eigenvalue weighted by molar-refractivity contribution is 6.38. The average molecular weight is 376 g/mol. The van der Waals surface area contributed by atoms with Crippen molar-refractivity contribution in [2.24, 2.45) is 0 Å². The molecule has 1 aliphatic carbocycles. The summed E-state index contributed by atoms with van der Waals surface area (Å²) >= 11 is 0. The number of Topliss-reactive ketones (excluding diaryl/α,β-unsaturated/α-hetero) is 1. The van der Waals surface area contributed by atoms with Crippen LogP contribution in [-0.4, -0.2) is 16.7 Å². The van der Waals surface area contributed by atoms with Crippen LogP contribution in [0.4, 0.5) is 0 Å². The predicted molar refractivity (Wildman–Crippen MR) is 113 cm³/mol. The monoisotopic (exact) mass is 376 g/mol. The van der Waals surface area contributed by atoms with Crippen molar-refractivity contribution >= 4 is 17.1 Å². The first-order chi connectivity index (χ1) is 12.8. The average Bonchev–Trinajstić information content (AvgIpc) is 2.56. The van der Waals surface area contributed by atoms with E-state index in [1.54, 1.807) is 12.1 Å². The third-order valence-electron chi connectivity index (χ3n) is 5.24. The second-order valence-corrected chi connectivity index (χ2v) is 9.72. The molecule has 0 aliphatic heterocycles. The Bertz CT molecular complexity index is 990. The molecule has 0 aromatic heterocycles. The molecule has 0 unspecified atom stereocenters. The third-order valence-corrected chi connectivity index (χ3v) is 5.24. The van der Waals surface area contributed by atoms with E-state index in [4.69, 9.17) is 0 Å². The van der Waals surface area contributed by atoms with Gasteiger partial charge in [-0.3, -0.25) is 9.59 Å². The second kappa shape index (κ2) is 6.44. The van der Waals surface area contributed by atoms with E-state index in [-0.39, 0.29) is 28.1 Å². The molecule has 1 N–H and O–H groups in total. The van der Waals surface area contributed by atoms with Crippen molar-refractivity contribution in [3.8, 4) is 5.75 Å². The predicted octanol–water partition coefficient (Wildman–Crippen LogP) is 5.76. The largest absolute Gasteiger partial charge is 0.507 e. The number of hydrogen-bond donors (Lipinski definition) is 1. The molecule has 2 aromatic rings. The van der Waals surface area contributed by atoms with E-state index in [0.717, 1.165) is 16.7 Å². The van der Waals surface area contributed by atoms with Crippen molar-refractivity contribution in [3.63, 3.8) is 0 Å². The van der Waals surface area contributed by atoms with Crippen LogP contribution in [0, 0.1) is 6.92 Å². The maximum atomic E-state index is 13.2. The summed E-state index contributed by atoms with van der Waals surface area (Å²) in [6.07, 6.45) is 1.44. The molecule has 3 nitrogen and oxygen atoms in total. The highest BCUT2D eigenvalue weighted by atomic mass is 16.3. The Balaban J connectivity index is 2.27. The molecule has 0 bridgehead atoms. The van der Waals surface area contributed by atoms with Gasteiger partial charge in [0, 0.05) is 27.8 Å². The topological polar surface area (TPSA) is 54.4 Å². The van der Waals surface area contributed by atoms with Gasteiger partial charge >= 0.3 is 0 Å². The summed E-state index contributed by atoms with van der Waals surface area (Å²) in [5.41, 5.74) is 3.83. The lowest BCUT2D eigenvalue weighted by atomic mass is 9.76. The zero-order valence-electron chi connectivity index (χ0n) is 17.7. The summed E-state index contributed by atoms with van der Waals surface area (Å²) in [5, 5.41) is 10.9. The highest BCUT2D eigenvalue weighted by Gasteiger charge is 2.31. The summed E-state index contributed by atoms with van der Waals surface area (Å²) in [6, 6.07) is 9.04. The molecule has 0 atom stereocenters. The molecule has 0 spiro atoms. The summed E-state index contributed by atoms with van der Waals surface area (Å²) in [4.78, 5) is 25.9. The van der Waals surface area contributed by atoms with Crippen LogP contribution in [0.2, 0.25) is 0 Å². The molecule has 28 heavy (non-hydrogen) atoms.